The second-order valence-electron chi connectivity index (χ2n) is 27.4. The Bertz CT molecular complexity index is 6560. The molecule has 114 heavy (non-hydrogen) atoms. The normalized spacial score (nSPS) is 11.4. The molecule has 0 aliphatic carbocycles. The summed E-state index contributed by atoms with van der Waals surface area (Å²) in [6.07, 6.45) is 0. The molecule has 0 N–H and O–H groups in total. The largest absolute Gasteiger partial charge is 0.319 e. The van der Waals surface area contributed by atoms with Gasteiger partial charge in [0.25, 0.3) is 0 Å². The summed E-state index contributed by atoms with van der Waals surface area (Å²) in [5.41, 5.74) is 12.6. The van der Waals surface area contributed by atoms with Gasteiger partial charge in [0.05, 0.1) is 40.0 Å². The maximum Gasteiger partial charge on any atom is 0.234 e. The molecular formula is C97H57F2N15. The molecule has 20 rings (SSSR count). The highest BCUT2D eigenvalue weighted by Gasteiger charge is 2.29. The van der Waals surface area contributed by atoms with Crippen LogP contribution in [0.15, 0.2) is 346 Å². The van der Waals surface area contributed by atoms with Crippen molar-refractivity contribution in [2.75, 3.05) is 0 Å². The van der Waals surface area contributed by atoms with Crippen molar-refractivity contribution in [3.05, 3.63) is 369 Å². The molecule has 0 fully saturated rings. The molecule has 0 aliphatic heterocycles. The summed E-state index contributed by atoms with van der Waals surface area (Å²) in [5, 5.41) is 3.16. The van der Waals surface area contributed by atoms with Crippen molar-refractivity contribution in [1.82, 2.24) is 68.9 Å². The van der Waals surface area contributed by atoms with Crippen LogP contribution < -0.4 is 0 Å². The molecule has 0 bridgehead atoms. The summed E-state index contributed by atoms with van der Waals surface area (Å²) in [6.45, 7) is 10.00. The Kier molecular flexibility index (Phi) is 16.9. The van der Waals surface area contributed by atoms with Gasteiger partial charge in [-0.15, -0.1) is 0 Å². The molecule has 0 aliphatic rings. The van der Waals surface area contributed by atoms with Gasteiger partial charge in [0.15, 0.2) is 69.9 Å². The summed E-state index contributed by atoms with van der Waals surface area (Å²) in [5.74, 6) is 3.61. The van der Waals surface area contributed by atoms with Crippen molar-refractivity contribution in [2.24, 2.45) is 0 Å². The molecule has 17 heteroatoms. The van der Waals surface area contributed by atoms with Crippen LogP contribution in [-0.2, 0) is 0 Å². The lowest BCUT2D eigenvalue weighted by molar-refractivity contribution is 0.584. The SMILES string of the molecule is [C-]#[N+]c1c(-n2c3cc(-c4nc(-c5ccccc5)nc(-c5ccccc5)n4)ccc3c3ccc(-c4nc(-c5ccccc5)nc(-c5ccccc5)n4)cc32)ccc(-c2cc(F)cc(F)c2)c1-n1c2cc(-c3nc(-c4ccccc4)nc(-c4ccccc4)n3)ccc2c2ccc(-c3nc(-c4ccccc4)nc(-c4ccccc4)n3)cc21. The topological polar surface area (TPSA) is 169 Å². The van der Waals surface area contributed by atoms with E-state index in [1.54, 1.807) is 0 Å². The van der Waals surface area contributed by atoms with E-state index in [1.165, 1.54) is 12.1 Å². The third-order valence-corrected chi connectivity index (χ3v) is 20.2. The highest BCUT2D eigenvalue weighted by molar-refractivity contribution is 6.14. The minimum Gasteiger partial charge on any atom is -0.319 e. The molecule has 0 amide bonds. The first-order chi connectivity index (χ1) is 56.2. The van der Waals surface area contributed by atoms with Gasteiger partial charge in [0.1, 0.15) is 11.6 Å². The molecule has 534 valence electrons. The van der Waals surface area contributed by atoms with E-state index in [0.717, 1.165) is 72.1 Å². The maximum absolute atomic E-state index is 16.5. The van der Waals surface area contributed by atoms with Gasteiger partial charge in [0.2, 0.25) is 5.69 Å². The van der Waals surface area contributed by atoms with Crippen LogP contribution in [0.4, 0.5) is 14.5 Å². The lowest BCUT2D eigenvalue weighted by Crippen LogP contribution is -2.04. The average Bonchev–Trinajstić information content (AvgIpc) is 1.54. The number of aromatic nitrogens is 14. The van der Waals surface area contributed by atoms with Gasteiger partial charge in [-0.2, -0.15) is 0 Å². The molecule has 0 saturated heterocycles. The van der Waals surface area contributed by atoms with Crippen molar-refractivity contribution in [3.63, 3.8) is 0 Å². The zero-order chi connectivity index (χ0) is 76.2. The van der Waals surface area contributed by atoms with Crippen LogP contribution in [-0.4, -0.2) is 68.9 Å². The number of hydrogen-bond donors (Lipinski definition) is 0. The molecule has 14 aromatic carbocycles. The van der Waals surface area contributed by atoms with Gasteiger partial charge in [-0.1, -0.05) is 297 Å². The van der Waals surface area contributed by atoms with E-state index in [2.05, 4.69) is 16.7 Å². The Morgan fingerprint density at radius 2 is 0.430 bits per heavy atom. The van der Waals surface area contributed by atoms with E-state index in [-0.39, 0.29) is 16.9 Å². The first kappa shape index (κ1) is 67.4. The third kappa shape index (κ3) is 12.5. The van der Waals surface area contributed by atoms with Crippen molar-refractivity contribution in [3.8, 4) is 159 Å². The Morgan fingerprint density at radius 1 is 0.211 bits per heavy atom. The minimum absolute atomic E-state index is 0.105. The summed E-state index contributed by atoms with van der Waals surface area (Å²) in [4.78, 5) is 66.8. The smallest absolute Gasteiger partial charge is 0.234 e. The molecule has 15 nitrogen and oxygen atoms in total. The number of hydrogen-bond acceptors (Lipinski definition) is 12. The van der Waals surface area contributed by atoms with Gasteiger partial charge in [-0.25, -0.2) is 73.4 Å². The lowest BCUT2D eigenvalue weighted by atomic mass is 10.00. The van der Waals surface area contributed by atoms with Crippen molar-refractivity contribution >= 4 is 49.3 Å². The Balaban J connectivity index is 0.898. The van der Waals surface area contributed by atoms with Crippen LogP contribution >= 0.6 is 0 Å². The van der Waals surface area contributed by atoms with Crippen LogP contribution in [0.25, 0.3) is 208 Å². The third-order valence-electron chi connectivity index (χ3n) is 20.2. The van der Waals surface area contributed by atoms with Gasteiger partial charge in [-0.05, 0) is 53.6 Å². The van der Waals surface area contributed by atoms with E-state index in [0.29, 0.717) is 125 Å². The van der Waals surface area contributed by atoms with E-state index in [1.807, 2.05) is 320 Å². The number of nitrogens with zero attached hydrogens (tertiary/aromatic N) is 15. The maximum atomic E-state index is 16.5. The first-order valence-corrected chi connectivity index (χ1v) is 36.9. The second kappa shape index (κ2) is 28.6. The fourth-order valence-electron chi connectivity index (χ4n) is 14.9. The van der Waals surface area contributed by atoms with E-state index >= 15 is 8.78 Å². The average molecular weight is 1470 g/mol. The summed E-state index contributed by atoms with van der Waals surface area (Å²) >= 11 is 0. The molecule has 0 atom stereocenters. The van der Waals surface area contributed by atoms with Gasteiger partial charge in [0, 0.05) is 94.4 Å². The molecule has 0 unspecified atom stereocenters. The van der Waals surface area contributed by atoms with Gasteiger partial charge < -0.3 is 9.13 Å². The van der Waals surface area contributed by atoms with E-state index < -0.39 is 11.6 Å². The van der Waals surface area contributed by atoms with Crippen LogP contribution in [0.1, 0.15) is 0 Å². The Morgan fingerprint density at radius 3 is 0.658 bits per heavy atom. The monoisotopic (exact) mass is 1470 g/mol. The minimum atomic E-state index is -0.816. The Labute approximate surface area is 651 Å². The second-order valence-corrected chi connectivity index (χ2v) is 27.4. The molecule has 20 aromatic rings. The van der Waals surface area contributed by atoms with Crippen LogP contribution in [0.3, 0.4) is 0 Å². The van der Waals surface area contributed by atoms with E-state index in [4.69, 9.17) is 64.7 Å². The first-order valence-electron chi connectivity index (χ1n) is 36.9. The fraction of sp³-hybridized carbons (Fsp3) is 0. The zero-order valence-electron chi connectivity index (χ0n) is 60.4. The number of halogens is 2. The van der Waals surface area contributed by atoms with Crippen molar-refractivity contribution < 1.29 is 8.78 Å². The predicted molar refractivity (Wildman–Crippen MR) is 446 cm³/mol. The highest BCUT2D eigenvalue weighted by atomic mass is 19.1. The molecule has 0 radical (unpaired) electrons. The highest BCUT2D eigenvalue weighted by Crippen LogP contribution is 2.48. The van der Waals surface area contributed by atoms with Crippen molar-refractivity contribution in [1.29, 1.82) is 0 Å². The van der Waals surface area contributed by atoms with Crippen LogP contribution in [0.5, 0.6) is 0 Å². The number of rotatable bonds is 15. The van der Waals surface area contributed by atoms with Gasteiger partial charge >= 0.3 is 0 Å². The molecular weight excluding hydrogens is 1410 g/mol. The lowest BCUT2D eigenvalue weighted by Gasteiger charge is -2.21. The predicted octanol–water partition coefficient (Wildman–Crippen LogP) is 23.1. The molecule has 6 aromatic heterocycles. The van der Waals surface area contributed by atoms with Crippen molar-refractivity contribution in [2.45, 2.75) is 0 Å². The Hall–Kier alpha value is -15.9. The van der Waals surface area contributed by atoms with Gasteiger partial charge in [-0.3, -0.25) is 0 Å². The van der Waals surface area contributed by atoms with Crippen LogP contribution in [0.2, 0.25) is 0 Å². The standard InChI is InChI=1S/C97H57F2N15/c1-100-84-79(113-80-54-67(94-105-86(59-26-10-2-11-27-59)101-87(106-94)60-28-12-3-13-29-60)42-46-75(80)76-47-43-68(55-81(76)113)95-107-88(61-30-14-4-15-31-61)102-89(108-95)62-32-16-5-17-33-62)51-50-74(71-52-72(98)58-73(99)53-71)85(84)114-82-56-69(96-109-90(63-34-18-6-19-35-63)103-91(110-96)64-36-20-7-21-37-64)44-48-77(82)78-49-45-70(57-83(78)114)97-111-92(65-38-22-8-23-39-65)104-93(112-97)66-40-24-9-25-41-66/h2-58H. The van der Waals surface area contributed by atoms with E-state index in [9.17, 15) is 6.57 Å². The number of benzene rings is 14. The molecule has 0 saturated carbocycles. The fourth-order valence-corrected chi connectivity index (χ4v) is 14.9. The molecule has 0 spiro atoms. The number of fused-ring (bicyclic) bond motifs is 6. The summed E-state index contributed by atoms with van der Waals surface area (Å²) in [7, 11) is 0. The zero-order valence-corrected chi connectivity index (χ0v) is 60.4. The van der Waals surface area contributed by atoms with Crippen LogP contribution in [0, 0.1) is 18.2 Å². The summed E-state index contributed by atoms with van der Waals surface area (Å²) < 4.78 is 37.1. The quantitative estimate of drug-likeness (QED) is 0.0892. The summed E-state index contributed by atoms with van der Waals surface area (Å²) in [6, 6.07) is 110. The molecule has 6 heterocycles.